The number of amides is 1. The van der Waals surface area contributed by atoms with Gasteiger partial charge in [0, 0.05) is 14.9 Å². The summed E-state index contributed by atoms with van der Waals surface area (Å²) in [7, 11) is 0. The Labute approximate surface area is 132 Å². The number of carbonyl (C=O) groups excluding carboxylic acids is 1. The highest BCUT2D eigenvalue weighted by atomic mass is 127. The summed E-state index contributed by atoms with van der Waals surface area (Å²) in [6.07, 6.45) is 0. The fourth-order valence-electron chi connectivity index (χ4n) is 1.83. The van der Waals surface area contributed by atoms with Crippen molar-refractivity contribution in [1.82, 2.24) is 0 Å². The van der Waals surface area contributed by atoms with Crippen LogP contribution in [0.3, 0.4) is 0 Å². The molecule has 0 aromatic heterocycles. The summed E-state index contributed by atoms with van der Waals surface area (Å²) in [5.74, 6) is -0.0442. The third-order valence-corrected chi connectivity index (χ3v) is 3.90. The lowest BCUT2D eigenvalue weighted by atomic mass is 10.1. The van der Waals surface area contributed by atoms with Gasteiger partial charge < -0.3 is 10.6 Å². The molecule has 104 valence electrons. The van der Waals surface area contributed by atoms with Crippen LogP contribution in [0.1, 0.15) is 11.1 Å². The van der Waals surface area contributed by atoms with Crippen molar-refractivity contribution in [2.24, 2.45) is 0 Å². The molecule has 0 aliphatic rings. The third kappa shape index (κ3) is 3.96. The van der Waals surface area contributed by atoms with Crippen LogP contribution in [0.15, 0.2) is 42.5 Å². The first-order chi connectivity index (χ1) is 9.56. The Bertz CT molecular complexity index is 608. The van der Waals surface area contributed by atoms with Gasteiger partial charge in [-0.25, -0.2) is 0 Å². The Hall–Kier alpha value is -1.56. The summed E-state index contributed by atoms with van der Waals surface area (Å²) in [6, 6.07) is 13.8. The van der Waals surface area contributed by atoms with E-state index in [1.54, 1.807) is 0 Å². The second-order valence-electron chi connectivity index (χ2n) is 4.66. The van der Waals surface area contributed by atoms with Crippen molar-refractivity contribution in [3.05, 3.63) is 57.2 Å². The van der Waals surface area contributed by atoms with Crippen LogP contribution in [-0.2, 0) is 4.79 Å². The highest BCUT2D eigenvalue weighted by molar-refractivity contribution is 14.1. The summed E-state index contributed by atoms with van der Waals surface area (Å²) >= 11 is 2.25. The van der Waals surface area contributed by atoms with Gasteiger partial charge in [0.1, 0.15) is 0 Å². The molecule has 20 heavy (non-hydrogen) atoms. The standard InChI is InChI=1S/C16H17IN2O/c1-11-4-3-5-15(12(11)2)19-16(20)10-18-14-8-6-13(17)7-9-14/h3-9,18H,10H2,1-2H3,(H,19,20). The molecule has 2 aromatic rings. The zero-order valence-electron chi connectivity index (χ0n) is 11.5. The second-order valence-corrected chi connectivity index (χ2v) is 5.90. The molecule has 1 amide bonds. The molecule has 0 saturated carbocycles. The van der Waals surface area contributed by atoms with E-state index in [0.717, 1.165) is 16.9 Å². The molecule has 0 aliphatic heterocycles. The number of benzene rings is 2. The molecule has 2 N–H and O–H groups in total. The molecule has 0 atom stereocenters. The molecule has 0 fully saturated rings. The number of nitrogens with one attached hydrogen (secondary N) is 2. The van der Waals surface area contributed by atoms with Crippen LogP contribution in [-0.4, -0.2) is 12.5 Å². The molecule has 2 aromatic carbocycles. The lowest BCUT2D eigenvalue weighted by Gasteiger charge is -2.11. The van der Waals surface area contributed by atoms with Gasteiger partial charge in [0.25, 0.3) is 0 Å². The maximum Gasteiger partial charge on any atom is 0.243 e. The van der Waals surface area contributed by atoms with Crippen molar-refractivity contribution in [3.8, 4) is 0 Å². The largest absolute Gasteiger partial charge is 0.376 e. The van der Waals surface area contributed by atoms with Crippen LogP contribution in [0.5, 0.6) is 0 Å². The van der Waals surface area contributed by atoms with E-state index in [0.29, 0.717) is 0 Å². The Kier molecular flexibility index (Phi) is 5.00. The van der Waals surface area contributed by atoms with E-state index in [1.165, 1.54) is 9.13 Å². The van der Waals surface area contributed by atoms with Gasteiger partial charge in [0.05, 0.1) is 6.54 Å². The van der Waals surface area contributed by atoms with Gasteiger partial charge >= 0.3 is 0 Å². The fraction of sp³-hybridized carbons (Fsp3) is 0.188. The van der Waals surface area contributed by atoms with Gasteiger partial charge in [-0.05, 0) is 77.9 Å². The molecule has 2 rings (SSSR count). The molecular weight excluding hydrogens is 363 g/mol. The number of halogens is 1. The number of aryl methyl sites for hydroxylation is 1. The van der Waals surface area contributed by atoms with Crippen molar-refractivity contribution < 1.29 is 4.79 Å². The lowest BCUT2D eigenvalue weighted by molar-refractivity contribution is -0.114. The van der Waals surface area contributed by atoms with Crippen molar-refractivity contribution in [3.63, 3.8) is 0 Å². The SMILES string of the molecule is Cc1cccc(NC(=O)CNc2ccc(I)cc2)c1C. The first-order valence-corrected chi connectivity index (χ1v) is 7.49. The minimum atomic E-state index is -0.0442. The van der Waals surface area contributed by atoms with E-state index in [2.05, 4.69) is 33.2 Å². The zero-order chi connectivity index (χ0) is 14.5. The topological polar surface area (TPSA) is 41.1 Å². The molecule has 0 heterocycles. The van der Waals surface area contributed by atoms with E-state index in [4.69, 9.17) is 0 Å². The summed E-state index contributed by atoms with van der Waals surface area (Å²) < 4.78 is 1.17. The second kappa shape index (κ2) is 6.74. The highest BCUT2D eigenvalue weighted by Gasteiger charge is 2.05. The van der Waals surface area contributed by atoms with Crippen molar-refractivity contribution in [2.45, 2.75) is 13.8 Å². The van der Waals surface area contributed by atoms with Gasteiger partial charge in [-0.1, -0.05) is 12.1 Å². The van der Waals surface area contributed by atoms with Crippen molar-refractivity contribution >= 4 is 39.9 Å². The first kappa shape index (κ1) is 14.8. The van der Waals surface area contributed by atoms with Crippen LogP contribution >= 0.6 is 22.6 Å². The van der Waals surface area contributed by atoms with Crippen LogP contribution in [0, 0.1) is 17.4 Å². The van der Waals surface area contributed by atoms with Gasteiger partial charge in [-0.2, -0.15) is 0 Å². The number of hydrogen-bond acceptors (Lipinski definition) is 2. The van der Waals surface area contributed by atoms with E-state index < -0.39 is 0 Å². The molecular formula is C16H17IN2O. The number of anilines is 2. The number of carbonyl (C=O) groups is 1. The maximum absolute atomic E-state index is 11.9. The maximum atomic E-state index is 11.9. The molecule has 0 radical (unpaired) electrons. The Morgan fingerprint density at radius 1 is 1.10 bits per heavy atom. The lowest BCUT2D eigenvalue weighted by Crippen LogP contribution is -2.22. The molecule has 0 spiro atoms. The normalized spacial score (nSPS) is 10.2. The molecule has 0 aliphatic carbocycles. The van der Waals surface area contributed by atoms with Crippen LogP contribution in [0.4, 0.5) is 11.4 Å². The number of hydrogen-bond donors (Lipinski definition) is 2. The third-order valence-electron chi connectivity index (χ3n) is 3.18. The van der Waals surface area contributed by atoms with E-state index in [9.17, 15) is 4.79 Å². The number of rotatable bonds is 4. The minimum absolute atomic E-state index is 0.0442. The predicted octanol–water partition coefficient (Wildman–Crippen LogP) is 3.96. The molecule has 4 heteroatoms. The molecule has 3 nitrogen and oxygen atoms in total. The summed E-state index contributed by atoms with van der Waals surface area (Å²) in [6.45, 7) is 4.31. The Morgan fingerprint density at radius 2 is 1.80 bits per heavy atom. The highest BCUT2D eigenvalue weighted by Crippen LogP contribution is 2.18. The molecule has 0 saturated heterocycles. The Morgan fingerprint density at radius 3 is 2.50 bits per heavy atom. The summed E-state index contributed by atoms with van der Waals surface area (Å²) in [5.41, 5.74) is 4.10. The average Bonchev–Trinajstić information content (AvgIpc) is 2.43. The Balaban J connectivity index is 1.92. The van der Waals surface area contributed by atoms with Crippen molar-refractivity contribution in [1.29, 1.82) is 0 Å². The molecule has 0 unspecified atom stereocenters. The first-order valence-electron chi connectivity index (χ1n) is 6.42. The van der Waals surface area contributed by atoms with Gasteiger partial charge in [0.15, 0.2) is 0 Å². The fourth-order valence-corrected chi connectivity index (χ4v) is 2.19. The average molecular weight is 380 g/mol. The van der Waals surface area contributed by atoms with Crippen LogP contribution < -0.4 is 10.6 Å². The van der Waals surface area contributed by atoms with E-state index in [1.807, 2.05) is 56.3 Å². The minimum Gasteiger partial charge on any atom is -0.376 e. The zero-order valence-corrected chi connectivity index (χ0v) is 13.7. The van der Waals surface area contributed by atoms with E-state index in [-0.39, 0.29) is 12.5 Å². The monoisotopic (exact) mass is 380 g/mol. The quantitative estimate of drug-likeness (QED) is 0.789. The summed E-state index contributed by atoms with van der Waals surface area (Å²) in [4.78, 5) is 11.9. The smallest absolute Gasteiger partial charge is 0.243 e. The van der Waals surface area contributed by atoms with Gasteiger partial charge in [-0.15, -0.1) is 0 Å². The van der Waals surface area contributed by atoms with Crippen molar-refractivity contribution in [2.75, 3.05) is 17.2 Å². The predicted molar refractivity (Wildman–Crippen MR) is 92.2 cm³/mol. The van der Waals surface area contributed by atoms with E-state index >= 15 is 0 Å². The van der Waals surface area contributed by atoms with Crippen LogP contribution in [0.2, 0.25) is 0 Å². The van der Waals surface area contributed by atoms with Gasteiger partial charge in [-0.3, -0.25) is 4.79 Å². The summed E-state index contributed by atoms with van der Waals surface area (Å²) in [5, 5.41) is 6.04. The van der Waals surface area contributed by atoms with Crippen LogP contribution in [0.25, 0.3) is 0 Å². The van der Waals surface area contributed by atoms with Gasteiger partial charge in [0.2, 0.25) is 5.91 Å². The molecule has 0 bridgehead atoms.